The molecule has 182 valence electrons. The molecule has 0 radical (unpaired) electrons. The van der Waals surface area contributed by atoms with Crippen LogP contribution >= 0.6 is 0 Å². The topological polar surface area (TPSA) is 122 Å². The minimum atomic E-state index is -0.945. The van der Waals surface area contributed by atoms with Crippen molar-refractivity contribution in [1.29, 1.82) is 0 Å². The lowest BCUT2D eigenvalue weighted by molar-refractivity contribution is -0.0227. The summed E-state index contributed by atoms with van der Waals surface area (Å²) in [5.74, 6) is -0.153. The van der Waals surface area contributed by atoms with E-state index in [2.05, 4.69) is 30.6 Å². The molecule has 4 aromatic heterocycles. The Morgan fingerprint density at radius 3 is 3.03 bits per heavy atom. The van der Waals surface area contributed by atoms with Crippen LogP contribution in [-0.2, 0) is 6.54 Å². The lowest BCUT2D eigenvalue weighted by atomic mass is 9.81. The van der Waals surface area contributed by atoms with E-state index in [0.717, 1.165) is 51.6 Å². The molecule has 9 nitrogen and oxygen atoms in total. The maximum Gasteiger partial charge on any atom is 0.251 e. The molecule has 0 bridgehead atoms. The first-order chi connectivity index (χ1) is 17.5. The largest absolute Gasteiger partial charge is 0.388 e. The predicted octanol–water partition coefficient (Wildman–Crippen LogP) is 3.78. The van der Waals surface area contributed by atoms with Crippen molar-refractivity contribution in [3.63, 3.8) is 0 Å². The van der Waals surface area contributed by atoms with Crippen molar-refractivity contribution in [2.45, 2.75) is 50.8 Å². The van der Waals surface area contributed by atoms with E-state index in [1.807, 2.05) is 41.9 Å². The number of aromatic nitrogens is 6. The Morgan fingerprint density at radius 1 is 1.22 bits per heavy atom. The number of carbonyl (C=O) groups is 1. The molecular weight excluding hydrogens is 454 g/mol. The number of aryl methyl sites for hydroxylation is 1. The van der Waals surface area contributed by atoms with Crippen molar-refractivity contribution in [2.75, 3.05) is 0 Å². The van der Waals surface area contributed by atoms with Gasteiger partial charge in [-0.1, -0.05) is 0 Å². The fraction of sp³-hybridized carbons (Fsp3) is 0.296. The minimum Gasteiger partial charge on any atom is -0.388 e. The van der Waals surface area contributed by atoms with Gasteiger partial charge in [-0.2, -0.15) is 10.2 Å². The van der Waals surface area contributed by atoms with E-state index < -0.39 is 5.60 Å². The highest BCUT2D eigenvalue weighted by Crippen LogP contribution is 2.32. The van der Waals surface area contributed by atoms with Gasteiger partial charge in [0.05, 0.1) is 29.4 Å². The number of fused-ring (bicyclic) bond motifs is 2. The van der Waals surface area contributed by atoms with Crippen molar-refractivity contribution in [3.05, 3.63) is 72.4 Å². The van der Waals surface area contributed by atoms with Crippen LogP contribution < -0.4 is 5.32 Å². The molecule has 9 heteroatoms. The number of pyridine rings is 2. The average Bonchev–Trinajstić information content (AvgIpc) is 3.48. The zero-order valence-corrected chi connectivity index (χ0v) is 20.0. The summed E-state index contributed by atoms with van der Waals surface area (Å²) < 4.78 is 1.83. The Balaban J connectivity index is 1.20. The molecule has 1 aromatic carbocycles. The highest BCUT2D eigenvalue weighted by molar-refractivity contribution is 6.01. The Hall–Kier alpha value is -4.11. The van der Waals surface area contributed by atoms with Crippen LogP contribution in [-0.4, -0.2) is 52.6 Å². The fourth-order valence-corrected chi connectivity index (χ4v) is 5.28. The van der Waals surface area contributed by atoms with Crippen LogP contribution in [0.3, 0.4) is 0 Å². The number of benzene rings is 1. The molecule has 1 fully saturated rings. The molecule has 5 aromatic rings. The third kappa shape index (κ3) is 4.22. The second kappa shape index (κ2) is 8.83. The van der Waals surface area contributed by atoms with Crippen LogP contribution in [0.25, 0.3) is 33.1 Å². The molecule has 2 unspecified atom stereocenters. The number of aliphatic hydroxyl groups is 1. The minimum absolute atomic E-state index is 0.123. The van der Waals surface area contributed by atoms with E-state index in [0.29, 0.717) is 24.9 Å². The first-order valence-electron chi connectivity index (χ1n) is 12.2. The summed E-state index contributed by atoms with van der Waals surface area (Å²) in [6, 6.07) is 11.2. The number of nitrogens with zero attached hydrogens (tertiary/aromatic N) is 5. The lowest BCUT2D eigenvalue weighted by Crippen LogP contribution is -2.47. The monoisotopic (exact) mass is 481 g/mol. The van der Waals surface area contributed by atoms with Crippen LogP contribution in [0.2, 0.25) is 0 Å². The highest BCUT2D eigenvalue weighted by atomic mass is 16.3. The van der Waals surface area contributed by atoms with Gasteiger partial charge in [-0.05, 0) is 69.0 Å². The maximum atomic E-state index is 13.2. The third-order valence-electron chi connectivity index (χ3n) is 7.04. The molecule has 1 amide bonds. The van der Waals surface area contributed by atoms with Crippen molar-refractivity contribution < 1.29 is 9.90 Å². The van der Waals surface area contributed by atoms with Gasteiger partial charge in [0.25, 0.3) is 5.91 Å². The van der Waals surface area contributed by atoms with Crippen LogP contribution in [0.4, 0.5) is 0 Å². The maximum absolute atomic E-state index is 13.2. The summed E-state index contributed by atoms with van der Waals surface area (Å²) in [5.41, 5.74) is 4.07. The van der Waals surface area contributed by atoms with Gasteiger partial charge in [-0.25, -0.2) is 0 Å². The van der Waals surface area contributed by atoms with E-state index >= 15 is 0 Å². The Morgan fingerprint density at radius 2 is 2.14 bits per heavy atom. The molecule has 6 rings (SSSR count). The predicted molar refractivity (Wildman–Crippen MR) is 136 cm³/mol. The number of hydrogen-bond donors (Lipinski definition) is 3. The van der Waals surface area contributed by atoms with Gasteiger partial charge in [-0.3, -0.25) is 24.5 Å². The number of amides is 1. The molecule has 0 saturated heterocycles. The fourth-order valence-electron chi connectivity index (χ4n) is 5.28. The number of aromatic amines is 1. The van der Waals surface area contributed by atoms with Gasteiger partial charge in [0.1, 0.15) is 5.69 Å². The number of nitrogens with one attached hydrogen (secondary N) is 2. The van der Waals surface area contributed by atoms with Crippen LogP contribution in [0.1, 0.15) is 41.7 Å². The van der Waals surface area contributed by atoms with Gasteiger partial charge >= 0.3 is 0 Å². The Labute approximate surface area is 207 Å². The molecule has 2 atom stereocenters. The molecule has 1 aliphatic rings. The van der Waals surface area contributed by atoms with Gasteiger partial charge in [0.2, 0.25) is 0 Å². The second-order valence-corrected chi connectivity index (χ2v) is 9.75. The summed E-state index contributed by atoms with van der Waals surface area (Å²) in [4.78, 5) is 21.6. The molecule has 1 aliphatic carbocycles. The summed E-state index contributed by atoms with van der Waals surface area (Å²) in [5, 5.41) is 28.4. The lowest BCUT2D eigenvalue weighted by Gasteiger charge is -2.37. The van der Waals surface area contributed by atoms with Gasteiger partial charge in [0, 0.05) is 52.2 Å². The van der Waals surface area contributed by atoms with Crippen molar-refractivity contribution >= 4 is 27.7 Å². The normalized spacial score (nSPS) is 20.1. The first-order valence-corrected chi connectivity index (χ1v) is 12.2. The first kappa shape index (κ1) is 22.4. The molecular formula is C27H27N7O2. The molecule has 0 spiro atoms. The SMILES string of the molecule is Cc1cc(-c2n[nH]c3ccc(C(=O)NC4CCCC(O)(Cn5ncc6cnccc65)C4)cc23)ccn1. The standard InChI is InChI=1S/C27H27N7O2/c1-17-11-18(6-10-29-17)25-22-12-19(4-5-23(22)32-33-25)26(35)31-21-3-2-8-27(36,13-21)16-34-24-7-9-28-14-20(24)15-30-34/h4-7,9-12,14-15,21,36H,2-3,8,13,16H2,1H3,(H,31,35)(H,32,33). The number of carbonyl (C=O) groups excluding carboxylic acids is 1. The van der Waals surface area contributed by atoms with Crippen molar-refractivity contribution in [1.82, 2.24) is 35.3 Å². The smallest absolute Gasteiger partial charge is 0.251 e. The number of hydrogen-bond acceptors (Lipinski definition) is 6. The van der Waals surface area contributed by atoms with Crippen molar-refractivity contribution in [3.8, 4) is 11.3 Å². The molecule has 3 N–H and O–H groups in total. The van der Waals surface area contributed by atoms with Gasteiger partial charge in [-0.15, -0.1) is 0 Å². The zero-order valence-electron chi connectivity index (χ0n) is 20.0. The summed E-state index contributed by atoms with van der Waals surface area (Å²) in [7, 11) is 0. The van der Waals surface area contributed by atoms with Crippen LogP contribution in [0.15, 0.2) is 61.2 Å². The van der Waals surface area contributed by atoms with Gasteiger partial charge in [0.15, 0.2) is 0 Å². The second-order valence-electron chi connectivity index (χ2n) is 9.75. The van der Waals surface area contributed by atoms with E-state index in [4.69, 9.17) is 0 Å². The Bertz CT molecular complexity index is 1570. The Kier molecular flexibility index (Phi) is 5.49. The molecule has 1 saturated carbocycles. The molecule has 4 heterocycles. The summed E-state index contributed by atoms with van der Waals surface area (Å²) in [6.45, 7) is 2.32. The van der Waals surface area contributed by atoms with E-state index in [9.17, 15) is 9.90 Å². The van der Waals surface area contributed by atoms with E-state index in [-0.39, 0.29) is 11.9 Å². The summed E-state index contributed by atoms with van der Waals surface area (Å²) in [6.07, 6.45) is 9.82. The zero-order chi connectivity index (χ0) is 24.7. The quantitative estimate of drug-likeness (QED) is 0.351. The highest BCUT2D eigenvalue weighted by Gasteiger charge is 2.36. The third-order valence-corrected chi connectivity index (χ3v) is 7.04. The van der Waals surface area contributed by atoms with Crippen molar-refractivity contribution in [2.24, 2.45) is 0 Å². The average molecular weight is 482 g/mol. The molecule has 0 aliphatic heterocycles. The summed E-state index contributed by atoms with van der Waals surface area (Å²) >= 11 is 0. The van der Waals surface area contributed by atoms with Crippen LogP contribution in [0.5, 0.6) is 0 Å². The number of H-pyrrole nitrogens is 1. The van der Waals surface area contributed by atoms with E-state index in [1.165, 1.54) is 0 Å². The van der Waals surface area contributed by atoms with Gasteiger partial charge < -0.3 is 10.4 Å². The number of rotatable bonds is 5. The van der Waals surface area contributed by atoms with Crippen LogP contribution in [0, 0.1) is 6.92 Å². The van der Waals surface area contributed by atoms with E-state index in [1.54, 1.807) is 30.9 Å². The molecule has 36 heavy (non-hydrogen) atoms.